The van der Waals surface area contributed by atoms with Crippen LogP contribution in [0.15, 0.2) is 12.4 Å². The van der Waals surface area contributed by atoms with Gasteiger partial charge in [0.2, 0.25) is 0 Å². The van der Waals surface area contributed by atoms with Crippen molar-refractivity contribution < 1.29 is 0 Å². The molecule has 0 bridgehead atoms. The third-order valence-corrected chi connectivity index (χ3v) is 3.56. The Labute approximate surface area is 103 Å². The molecule has 0 aromatic carbocycles. The van der Waals surface area contributed by atoms with Crippen LogP contribution in [0.5, 0.6) is 0 Å². The van der Waals surface area contributed by atoms with E-state index >= 15 is 0 Å². The van der Waals surface area contributed by atoms with Gasteiger partial charge in [0.05, 0.1) is 0 Å². The van der Waals surface area contributed by atoms with Crippen LogP contribution in [-0.2, 0) is 0 Å². The van der Waals surface area contributed by atoms with Crippen LogP contribution in [0.2, 0.25) is 0 Å². The zero-order chi connectivity index (χ0) is 12.1. The smallest absolute Gasteiger partial charge is 0.133 e. The van der Waals surface area contributed by atoms with Gasteiger partial charge in [0.1, 0.15) is 18.0 Å². The molecule has 1 aromatic heterocycles. The number of nitrogens with one attached hydrogen (secondary N) is 1. The van der Waals surface area contributed by atoms with E-state index in [-0.39, 0.29) is 0 Å². The van der Waals surface area contributed by atoms with Crippen LogP contribution in [0.1, 0.15) is 32.1 Å². The van der Waals surface area contributed by atoms with Gasteiger partial charge in [-0.25, -0.2) is 9.97 Å². The predicted molar refractivity (Wildman–Crippen MR) is 71.4 cm³/mol. The fourth-order valence-corrected chi connectivity index (χ4v) is 2.54. The van der Waals surface area contributed by atoms with E-state index in [2.05, 4.69) is 27.2 Å². The Hall–Kier alpha value is -1.32. The maximum atomic E-state index is 4.33. The van der Waals surface area contributed by atoms with E-state index in [9.17, 15) is 0 Å². The van der Waals surface area contributed by atoms with Gasteiger partial charge in [0, 0.05) is 26.7 Å². The van der Waals surface area contributed by atoms with Crippen LogP contribution in [0.25, 0.3) is 0 Å². The Kier molecular flexibility index (Phi) is 4.18. The third-order valence-electron chi connectivity index (χ3n) is 3.56. The minimum absolute atomic E-state index is 0.835. The average Bonchev–Trinajstić information content (AvgIpc) is 2.40. The summed E-state index contributed by atoms with van der Waals surface area (Å²) in [7, 11) is 4.00. The first-order valence-electron chi connectivity index (χ1n) is 6.50. The lowest BCUT2D eigenvalue weighted by Gasteiger charge is -2.27. The van der Waals surface area contributed by atoms with E-state index in [4.69, 9.17) is 0 Å². The minimum Gasteiger partial charge on any atom is -0.373 e. The van der Waals surface area contributed by atoms with E-state index in [0.717, 1.165) is 24.1 Å². The highest BCUT2D eigenvalue weighted by molar-refractivity contribution is 5.47. The molecule has 0 atom stereocenters. The monoisotopic (exact) mass is 234 g/mol. The van der Waals surface area contributed by atoms with Crippen molar-refractivity contribution in [2.24, 2.45) is 5.92 Å². The molecule has 94 valence electrons. The lowest BCUT2D eigenvalue weighted by molar-refractivity contribution is 0.361. The van der Waals surface area contributed by atoms with E-state index in [1.165, 1.54) is 32.1 Å². The Morgan fingerprint density at radius 2 is 2.06 bits per heavy atom. The highest BCUT2D eigenvalue weighted by Crippen LogP contribution is 2.25. The van der Waals surface area contributed by atoms with E-state index in [1.807, 2.05) is 13.1 Å². The van der Waals surface area contributed by atoms with Gasteiger partial charge in [0.25, 0.3) is 0 Å². The van der Waals surface area contributed by atoms with Crippen molar-refractivity contribution in [3.8, 4) is 0 Å². The van der Waals surface area contributed by atoms with Gasteiger partial charge in [-0.05, 0) is 18.8 Å². The molecule has 17 heavy (non-hydrogen) atoms. The van der Waals surface area contributed by atoms with Crippen molar-refractivity contribution in [3.05, 3.63) is 12.4 Å². The van der Waals surface area contributed by atoms with Crippen molar-refractivity contribution in [1.29, 1.82) is 0 Å². The molecule has 1 aromatic rings. The summed E-state index contributed by atoms with van der Waals surface area (Å²) in [5.41, 5.74) is 0. The summed E-state index contributed by atoms with van der Waals surface area (Å²) in [5, 5.41) is 3.05. The number of rotatable bonds is 4. The second-order valence-electron chi connectivity index (χ2n) is 4.90. The number of aromatic nitrogens is 2. The number of anilines is 2. The molecule has 0 saturated heterocycles. The van der Waals surface area contributed by atoms with Gasteiger partial charge in [-0.3, -0.25) is 0 Å². The third kappa shape index (κ3) is 3.32. The van der Waals surface area contributed by atoms with Gasteiger partial charge in [-0.2, -0.15) is 0 Å². The SMILES string of the molecule is CNc1cc(N(C)CC2CCCCC2)ncn1. The fourth-order valence-electron chi connectivity index (χ4n) is 2.54. The zero-order valence-corrected chi connectivity index (χ0v) is 10.8. The summed E-state index contributed by atoms with van der Waals surface area (Å²) in [5.74, 6) is 2.72. The van der Waals surface area contributed by atoms with Gasteiger partial charge >= 0.3 is 0 Å². The number of nitrogens with zero attached hydrogens (tertiary/aromatic N) is 3. The zero-order valence-electron chi connectivity index (χ0n) is 10.8. The molecule has 1 aliphatic rings. The van der Waals surface area contributed by atoms with Crippen LogP contribution >= 0.6 is 0 Å². The summed E-state index contributed by atoms with van der Waals surface area (Å²) in [6.07, 6.45) is 8.56. The molecule has 1 N–H and O–H groups in total. The van der Waals surface area contributed by atoms with Gasteiger partial charge < -0.3 is 10.2 Å². The molecule has 1 saturated carbocycles. The fraction of sp³-hybridized carbons (Fsp3) is 0.692. The van der Waals surface area contributed by atoms with Gasteiger partial charge in [-0.15, -0.1) is 0 Å². The average molecular weight is 234 g/mol. The molecule has 4 nitrogen and oxygen atoms in total. The molecule has 1 fully saturated rings. The molecule has 0 radical (unpaired) electrons. The van der Waals surface area contributed by atoms with Crippen LogP contribution in [0, 0.1) is 5.92 Å². The lowest BCUT2D eigenvalue weighted by Crippen LogP contribution is -2.27. The summed E-state index contributed by atoms with van der Waals surface area (Å²) in [6.45, 7) is 1.11. The summed E-state index contributed by atoms with van der Waals surface area (Å²) in [6, 6.07) is 2.00. The molecule has 0 unspecified atom stereocenters. The molecule has 0 aliphatic heterocycles. The van der Waals surface area contributed by atoms with E-state index in [1.54, 1.807) is 6.33 Å². The topological polar surface area (TPSA) is 41.0 Å². The summed E-state index contributed by atoms with van der Waals surface area (Å²) in [4.78, 5) is 10.7. The van der Waals surface area contributed by atoms with Crippen molar-refractivity contribution in [3.63, 3.8) is 0 Å². The number of hydrogen-bond donors (Lipinski definition) is 1. The maximum Gasteiger partial charge on any atom is 0.133 e. The number of hydrogen-bond acceptors (Lipinski definition) is 4. The Morgan fingerprint density at radius 3 is 2.76 bits per heavy atom. The largest absolute Gasteiger partial charge is 0.373 e. The summed E-state index contributed by atoms with van der Waals surface area (Å²) < 4.78 is 0. The first kappa shape index (κ1) is 12.1. The molecule has 2 rings (SSSR count). The highest BCUT2D eigenvalue weighted by atomic mass is 15.2. The molecule has 0 amide bonds. The van der Waals surface area contributed by atoms with Crippen molar-refractivity contribution in [1.82, 2.24) is 9.97 Å². The van der Waals surface area contributed by atoms with Gasteiger partial charge in [0.15, 0.2) is 0 Å². The molecule has 0 spiro atoms. The maximum absolute atomic E-state index is 4.33. The van der Waals surface area contributed by atoms with Crippen LogP contribution < -0.4 is 10.2 Å². The molecular weight excluding hydrogens is 212 g/mol. The minimum atomic E-state index is 0.835. The van der Waals surface area contributed by atoms with Crippen molar-refractivity contribution >= 4 is 11.6 Å². The molecule has 1 heterocycles. The Balaban J connectivity index is 1.95. The standard InChI is InChI=1S/C13H22N4/c1-14-12-8-13(16-10-15-12)17(2)9-11-6-4-3-5-7-11/h8,10-11H,3-7,9H2,1-2H3,(H,14,15,16). The molecule has 1 aliphatic carbocycles. The van der Waals surface area contributed by atoms with Crippen LogP contribution in [-0.4, -0.2) is 30.6 Å². The van der Waals surface area contributed by atoms with Crippen molar-refractivity contribution in [2.75, 3.05) is 30.9 Å². The van der Waals surface area contributed by atoms with E-state index in [0.29, 0.717) is 0 Å². The van der Waals surface area contributed by atoms with Crippen LogP contribution in [0.4, 0.5) is 11.6 Å². The van der Waals surface area contributed by atoms with Crippen LogP contribution in [0.3, 0.4) is 0 Å². The van der Waals surface area contributed by atoms with Gasteiger partial charge in [-0.1, -0.05) is 19.3 Å². The first-order valence-corrected chi connectivity index (χ1v) is 6.50. The quantitative estimate of drug-likeness (QED) is 0.869. The predicted octanol–water partition coefficient (Wildman–Crippen LogP) is 2.53. The second kappa shape index (κ2) is 5.84. The second-order valence-corrected chi connectivity index (χ2v) is 4.90. The summed E-state index contributed by atoms with van der Waals surface area (Å²) >= 11 is 0. The Bertz CT molecular complexity index is 347. The lowest BCUT2D eigenvalue weighted by atomic mass is 9.89. The Morgan fingerprint density at radius 1 is 1.29 bits per heavy atom. The highest BCUT2D eigenvalue weighted by Gasteiger charge is 2.16. The van der Waals surface area contributed by atoms with Crippen molar-refractivity contribution in [2.45, 2.75) is 32.1 Å². The van der Waals surface area contributed by atoms with E-state index < -0.39 is 0 Å². The molecular formula is C13H22N4. The molecule has 4 heteroatoms. The first-order chi connectivity index (χ1) is 8.29. The normalized spacial score (nSPS) is 16.8.